The maximum Gasteiger partial charge on any atom is 0.246 e. The quantitative estimate of drug-likeness (QED) is 0.667. The number of morpholine rings is 1. The highest BCUT2D eigenvalue weighted by atomic mass is 16.5. The highest BCUT2D eigenvalue weighted by Crippen LogP contribution is 2.30. The molecule has 1 saturated heterocycles. The molecule has 2 aromatic heterocycles. The third-order valence-electron chi connectivity index (χ3n) is 5.44. The van der Waals surface area contributed by atoms with Gasteiger partial charge in [0.2, 0.25) is 11.8 Å². The molecule has 2 atom stereocenters. The summed E-state index contributed by atoms with van der Waals surface area (Å²) in [7, 11) is 0. The fraction of sp³-hybridized carbons (Fsp3) is 0.409. The van der Waals surface area contributed by atoms with Gasteiger partial charge in [-0.25, -0.2) is 9.97 Å². The molecule has 2 amide bonds. The smallest absolute Gasteiger partial charge is 0.246 e. The third-order valence-corrected chi connectivity index (χ3v) is 5.44. The molecule has 3 heterocycles. The molecule has 2 aromatic rings. The summed E-state index contributed by atoms with van der Waals surface area (Å²) in [5.74, 6) is 0.108. The Morgan fingerprint density at radius 2 is 2.03 bits per heavy atom. The largest absolute Gasteiger partial charge is 0.376 e. The van der Waals surface area contributed by atoms with Crippen molar-refractivity contribution in [3.63, 3.8) is 0 Å². The second-order valence-corrected chi connectivity index (χ2v) is 7.90. The molecule has 33 heavy (non-hydrogen) atoms. The van der Waals surface area contributed by atoms with Crippen LogP contribution < -0.4 is 10.6 Å². The van der Waals surface area contributed by atoms with Gasteiger partial charge >= 0.3 is 0 Å². The molecule has 2 unspecified atom stereocenters. The minimum absolute atomic E-state index is 0.0545. The zero-order valence-corrected chi connectivity index (χ0v) is 18.0. The average Bonchev–Trinajstić information content (AvgIpc) is 3.70. The van der Waals surface area contributed by atoms with Crippen molar-refractivity contribution < 1.29 is 14.3 Å². The molecule has 4 rings (SSSR count). The summed E-state index contributed by atoms with van der Waals surface area (Å²) in [4.78, 5) is 39.0. The van der Waals surface area contributed by atoms with E-state index < -0.39 is 12.1 Å². The first kappa shape index (κ1) is 22.1. The first-order chi connectivity index (χ1) is 16.0. The Kier molecular flexibility index (Phi) is 6.43. The SMILES string of the molecule is CC(Nc1cc(-c2cnc(NC(=O)C3CC3)cn2)cnc1C#N)C(=O)N1CCOCC1C#N. The van der Waals surface area contributed by atoms with Gasteiger partial charge in [-0.2, -0.15) is 10.5 Å². The van der Waals surface area contributed by atoms with Crippen LogP contribution in [0, 0.1) is 28.6 Å². The number of anilines is 2. The van der Waals surface area contributed by atoms with Gasteiger partial charge in [-0.1, -0.05) is 0 Å². The monoisotopic (exact) mass is 446 g/mol. The number of hydrogen-bond donors (Lipinski definition) is 2. The highest BCUT2D eigenvalue weighted by molar-refractivity contribution is 5.93. The van der Waals surface area contributed by atoms with E-state index in [9.17, 15) is 20.1 Å². The zero-order valence-electron chi connectivity index (χ0n) is 18.0. The van der Waals surface area contributed by atoms with Crippen molar-refractivity contribution in [1.82, 2.24) is 19.9 Å². The first-order valence-electron chi connectivity index (χ1n) is 10.6. The fourth-order valence-corrected chi connectivity index (χ4v) is 3.44. The van der Waals surface area contributed by atoms with Crippen LogP contribution in [0.5, 0.6) is 0 Å². The maximum absolute atomic E-state index is 12.9. The topological polar surface area (TPSA) is 157 Å². The highest BCUT2D eigenvalue weighted by Gasteiger charge is 2.31. The second-order valence-electron chi connectivity index (χ2n) is 7.90. The fourth-order valence-electron chi connectivity index (χ4n) is 3.44. The Balaban J connectivity index is 1.49. The van der Waals surface area contributed by atoms with E-state index in [1.54, 1.807) is 13.0 Å². The Hall–Kier alpha value is -4.09. The van der Waals surface area contributed by atoms with Gasteiger partial charge < -0.3 is 20.3 Å². The molecule has 2 N–H and O–H groups in total. The lowest BCUT2D eigenvalue weighted by atomic mass is 10.1. The summed E-state index contributed by atoms with van der Waals surface area (Å²) in [6, 6.07) is 4.41. The van der Waals surface area contributed by atoms with Gasteiger partial charge in [-0.15, -0.1) is 0 Å². The van der Waals surface area contributed by atoms with Crippen LogP contribution in [0.25, 0.3) is 11.3 Å². The molecule has 11 heteroatoms. The summed E-state index contributed by atoms with van der Waals surface area (Å²) in [6.45, 7) is 2.53. The van der Waals surface area contributed by atoms with Gasteiger partial charge in [0, 0.05) is 24.2 Å². The number of hydrogen-bond acceptors (Lipinski definition) is 9. The van der Waals surface area contributed by atoms with Crippen molar-refractivity contribution in [3.8, 4) is 23.4 Å². The lowest BCUT2D eigenvalue weighted by molar-refractivity contribution is -0.138. The number of pyridine rings is 1. The molecule has 0 aromatic carbocycles. The molecule has 1 aliphatic carbocycles. The summed E-state index contributed by atoms with van der Waals surface area (Å²) < 4.78 is 5.27. The molecule has 2 aliphatic rings. The first-order valence-corrected chi connectivity index (χ1v) is 10.6. The molecule has 11 nitrogen and oxygen atoms in total. The molecule has 0 radical (unpaired) electrons. The predicted molar refractivity (Wildman–Crippen MR) is 116 cm³/mol. The summed E-state index contributed by atoms with van der Waals surface area (Å²) >= 11 is 0. The van der Waals surface area contributed by atoms with Crippen molar-refractivity contribution in [2.75, 3.05) is 30.4 Å². The van der Waals surface area contributed by atoms with Crippen molar-refractivity contribution >= 4 is 23.3 Å². The number of nitriles is 2. The van der Waals surface area contributed by atoms with Crippen LogP contribution in [0.2, 0.25) is 0 Å². The minimum atomic E-state index is -0.700. The number of rotatable bonds is 6. The summed E-state index contributed by atoms with van der Waals surface area (Å²) in [5.41, 5.74) is 1.57. The van der Waals surface area contributed by atoms with Crippen LogP contribution in [0.15, 0.2) is 24.7 Å². The van der Waals surface area contributed by atoms with Crippen LogP contribution in [0.4, 0.5) is 11.5 Å². The van der Waals surface area contributed by atoms with Crippen LogP contribution >= 0.6 is 0 Å². The Morgan fingerprint density at radius 1 is 1.21 bits per heavy atom. The lowest BCUT2D eigenvalue weighted by Gasteiger charge is -2.33. The predicted octanol–water partition coefficient (Wildman–Crippen LogP) is 1.31. The van der Waals surface area contributed by atoms with E-state index in [4.69, 9.17) is 4.74 Å². The number of amides is 2. The Labute approximate surface area is 190 Å². The number of nitrogens with zero attached hydrogens (tertiary/aromatic N) is 6. The lowest BCUT2D eigenvalue weighted by Crippen LogP contribution is -2.52. The van der Waals surface area contributed by atoms with Crippen LogP contribution in [-0.4, -0.2) is 63.5 Å². The van der Waals surface area contributed by atoms with Crippen LogP contribution in [0.1, 0.15) is 25.5 Å². The van der Waals surface area contributed by atoms with E-state index in [0.29, 0.717) is 35.9 Å². The standard InChI is InChI=1S/C22H22N8O3/c1-13(22(32)30-4-5-33-12-16(30)7-23)28-17-6-15(9-25-18(17)8-24)19-10-27-20(11-26-19)29-21(31)14-2-3-14/h6,9-11,13-14,16,28H,2-5,12H2,1H3,(H,27,29,31). The van der Waals surface area contributed by atoms with Crippen LogP contribution in [-0.2, 0) is 14.3 Å². The van der Waals surface area contributed by atoms with E-state index in [2.05, 4.69) is 31.7 Å². The van der Waals surface area contributed by atoms with E-state index in [0.717, 1.165) is 12.8 Å². The number of carbonyl (C=O) groups is 2. The molecule has 0 bridgehead atoms. The maximum atomic E-state index is 12.9. The zero-order chi connectivity index (χ0) is 23.4. The summed E-state index contributed by atoms with van der Waals surface area (Å²) in [5, 5.41) is 24.5. The van der Waals surface area contributed by atoms with Gasteiger partial charge in [-0.3, -0.25) is 14.6 Å². The van der Waals surface area contributed by atoms with E-state index in [1.165, 1.54) is 23.5 Å². The molecular formula is C22H22N8O3. The second kappa shape index (κ2) is 9.59. The van der Waals surface area contributed by atoms with Gasteiger partial charge in [0.25, 0.3) is 0 Å². The molecule has 0 spiro atoms. The number of ether oxygens (including phenoxy) is 1. The number of aromatic nitrogens is 3. The van der Waals surface area contributed by atoms with Gasteiger partial charge in [0.1, 0.15) is 18.2 Å². The van der Waals surface area contributed by atoms with E-state index >= 15 is 0 Å². The van der Waals surface area contributed by atoms with Crippen molar-refractivity contribution in [2.45, 2.75) is 31.8 Å². The van der Waals surface area contributed by atoms with Crippen molar-refractivity contribution in [3.05, 3.63) is 30.4 Å². The number of nitrogens with one attached hydrogen (secondary N) is 2. The summed E-state index contributed by atoms with van der Waals surface area (Å²) in [6.07, 6.45) is 6.26. The van der Waals surface area contributed by atoms with E-state index in [1.807, 2.05) is 6.07 Å². The Morgan fingerprint density at radius 3 is 2.70 bits per heavy atom. The average molecular weight is 446 g/mol. The molecule has 2 fully saturated rings. The minimum Gasteiger partial charge on any atom is -0.376 e. The van der Waals surface area contributed by atoms with Gasteiger partial charge in [0.15, 0.2) is 11.5 Å². The van der Waals surface area contributed by atoms with Gasteiger partial charge in [0.05, 0.1) is 43.1 Å². The molecule has 168 valence electrons. The molecule has 1 saturated carbocycles. The van der Waals surface area contributed by atoms with Crippen molar-refractivity contribution in [1.29, 1.82) is 10.5 Å². The molecule has 1 aliphatic heterocycles. The number of carbonyl (C=O) groups excluding carboxylic acids is 2. The third kappa shape index (κ3) is 5.05. The van der Waals surface area contributed by atoms with Crippen LogP contribution in [0.3, 0.4) is 0 Å². The van der Waals surface area contributed by atoms with Crippen molar-refractivity contribution in [2.24, 2.45) is 5.92 Å². The van der Waals surface area contributed by atoms with Gasteiger partial charge in [-0.05, 0) is 25.8 Å². The molecular weight excluding hydrogens is 424 g/mol. The normalized spacial score (nSPS) is 18.5. The van der Waals surface area contributed by atoms with E-state index in [-0.39, 0.29) is 30.0 Å². The Bertz CT molecular complexity index is 1130.